The number of aromatic nitrogens is 1. The number of fused-ring (bicyclic) bond motifs is 1. The van der Waals surface area contributed by atoms with Gasteiger partial charge in [0.25, 0.3) is 0 Å². The molecule has 0 N–H and O–H groups in total. The Labute approximate surface area is 93.7 Å². The Bertz CT molecular complexity index is 594. The normalized spacial score (nSPS) is 13.8. The third kappa shape index (κ3) is 0.884. The fourth-order valence-electron chi connectivity index (χ4n) is 2.94. The standard InChI is InChI=1S/C15H11N/c1-2-5-11-10(4-1)12-7-8-14(11)15-13(12)6-3-9-16-15/h1-6,9H,7-8H2. The molecule has 0 fully saturated rings. The lowest BCUT2D eigenvalue weighted by molar-refractivity contribution is 0.965. The summed E-state index contributed by atoms with van der Waals surface area (Å²) in [5.41, 5.74) is 4.12. The minimum Gasteiger partial charge on any atom is -0.256 e. The third-order valence-corrected chi connectivity index (χ3v) is 3.62. The van der Waals surface area contributed by atoms with Gasteiger partial charge in [0.15, 0.2) is 0 Å². The maximum absolute atomic E-state index is 4.54. The van der Waals surface area contributed by atoms with Gasteiger partial charge in [0, 0.05) is 11.6 Å². The van der Waals surface area contributed by atoms with Gasteiger partial charge in [-0.05, 0) is 40.8 Å². The summed E-state index contributed by atoms with van der Waals surface area (Å²) in [6, 6.07) is 12.9. The zero-order valence-electron chi connectivity index (χ0n) is 8.90. The van der Waals surface area contributed by atoms with Crippen LogP contribution in [-0.2, 0) is 12.8 Å². The van der Waals surface area contributed by atoms with E-state index in [1.807, 2.05) is 12.3 Å². The van der Waals surface area contributed by atoms with Crippen LogP contribution in [0.25, 0.3) is 21.7 Å². The Morgan fingerprint density at radius 1 is 0.750 bits per heavy atom. The highest BCUT2D eigenvalue weighted by Crippen LogP contribution is 2.37. The highest BCUT2D eigenvalue weighted by atomic mass is 14.7. The molecule has 0 saturated heterocycles. The first-order valence-corrected chi connectivity index (χ1v) is 5.72. The van der Waals surface area contributed by atoms with Crippen molar-refractivity contribution >= 4 is 21.7 Å². The summed E-state index contributed by atoms with van der Waals surface area (Å²) < 4.78 is 0. The number of nitrogens with zero attached hydrogens (tertiary/aromatic N) is 1. The van der Waals surface area contributed by atoms with Crippen molar-refractivity contribution in [2.45, 2.75) is 12.8 Å². The molecule has 3 aromatic rings. The molecule has 1 aromatic heterocycles. The Morgan fingerprint density at radius 2 is 1.44 bits per heavy atom. The molecule has 0 spiro atoms. The molecule has 2 aliphatic rings. The molecule has 2 aromatic carbocycles. The van der Waals surface area contributed by atoms with Gasteiger partial charge in [-0.15, -0.1) is 0 Å². The van der Waals surface area contributed by atoms with Crippen molar-refractivity contribution in [2.24, 2.45) is 0 Å². The fourth-order valence-corrected chi connectivity index (χ4v) is 2.94. The zero-order valence-corrected chi connectivity index (χ0v) is 8.90. The second-order valence-electron chi connectivity index (χ2n) is 4.40. The van der Waals surface area contributed by atoms with Crippen molar-refractivity contribution in [2.75, 3.05) is 0 Å². The molecule has 1 heteroatoms. The summed E-state index contributed by atoms with van der Waals surface area (Å²) in [7, 11) is 0. The maximum Gasteiger partial charge on any atom is 0.0743 e. The van der Waals surface area contributed by atoms with Crippen LogP contribution in [0.5, 0.6) is 0 Å². The van der Waals surface area contributed by atoms with Crippen molar-refractivity contribution in [3.8, 4) is 0 Å². The average Bonchev–Trinajstić information content (AvgIpc) is 2.40. The molecule has 5 rings (SSSR count). The summed E-state index contributed by atoms with van der Waals surface area (Å²) in [6.07, 6.45) is 4.22. The van der Waals surface area contributed by atoms with Gasteiger partial charge in [-0.2, -0.15) is 0 Å². The number of rotatable bonds is 0. The van der Waals surface area contributed by atoms with Crippen LogP contribution in [0.3, 0.4) is 0 Å². The van der Waals surface area contributed by atoms with Crippen LogP contribution in [0.15, 0.2) is 42.6 Å². The summed E-state index contributed by atoms with van der Waals surface area (Å²) in [5, 5.41) is 4.17. The van der Waals surface area contributed by atoms with Crippen LogP contribution in [-0.4, -0.2) is 4.98 Å². The van der Waals surface area contributed by atoms with E-state index in [0.29, 0.717) is 0 Å². The van der Waals surface area contributed by atoms with E-state index in [2.05, 4.69) is 35.3 Å². The largest absolute Gasteiger partial charge is 0.256 e. The van der Waals surface area contributed by atoms with Crippen LogP contribution in [0.2, 0.25) is 0 Å². The highest BCUT2D eigenvalue weighted by molar-refractivity contribution is 6.05. The van der Waals surface area contributed by atoms with Gasteiger partial charge >= 0.3 is 0 Å². The Balaban J connectivity index is 2.39. The quantitative estimate of drug-likeness (QED) is 0.512. The second kappa shape index (κ2) is 2.82. The van der Waals surface area contributed by atoms with E-state index in [0.717, 1.165) is 6.42 Å². The average molecular weight is 205 g/mol. The zero-order chi connectivity index (χ0) is 10.5. The molecule has 2 aliphatic carbocycles. The van der Waals surface area contributed by atoms with Gasteiger partial charge in [-0.3, -0.25) is 4.98 Å². The summed E-state index contributed by atoms with van der Waals surface area (Å²) in [4.78, 5) is 4.54. The highest BCUT2D eigenvalue weighted by Gasteiger charge is 2.19. The Morgan fingerprint density at radius 3 is 2.31 bits per heavy atom. The van der Waals surface area contributed by atoms with Gasteiger partial charge in [0.2, 0.25) is 0 Å². The number of aryl methyl sites for hydroxylation is 2. The van der Waals surface area contributed by atoms with Gasteiger partial charge in [0.05, 0.1) is 5.52 Å². The van der Waals surface area contributed by atoms with Crippen molar-refractivity contribution in [1.29, 1.82) is 0 Å². The maximum atomic E-state index is 4.54. The fraction of sp³-hybridized carbons (Fsp3) is 0.133. The first-order valence-electron chi connectivity index (χ1n) is 5.72. The molecule has 0 radical (unpaired) electrons. The SMILES string of the molecule is c1ccc2c3c4ncccc4c(c2c1)CC3. The number of hydrogen-bond donors (Lipinski definition) is 0. The van der Waals surface area contributed by atoms with Gasteiger partial charge in [-0.25, -0.2) is 0 Å². The smallest absolute Gasteiger partial charge is 0.0743 e. The van der Waals surface area contributed by atoms with Gasteiger partial charge in [0.1, 0.15) is 0 Å². The van der Waals surface area contributed by atoms with Crippen molar-refractivity contribution in [3.63, 3.8) is 0 Å². The molecule has 1 nitrogen and oxygen atoms in total. The molecular formula is C15H11N. The molecule has 0 saturated carbocycles. The van der Waals surface area contributed by atoms with Crippen LogP contribution in [0.1, 0.15) is 11.1 Å². The van der Waals surface area contributed by atoms with Gasteiger partial charge in [-0.1, -0.05) is 30.3 Å². The summed E-state index contributed by atoms with van der Waals surface area (Å²) in [5.74, 6) is 0. The van der Waals surface area contributed by atoms with Crippen LogP contribution in [0, 0.1) is 0 Å². The molecule has 0 unspecified atom stereocenters. The molecular weight excluding hydrogens is 194 g/mol. The topological polar surface area (TPSA) is 12.9 Å². The molecule has 1 heterocycles. The van der Waals surface area contributed by atoms with Crippen LogP contribution in [0.4, 0.5) is 0 Å². The third-order valence-electron chi connectivity index (χ3n) is 3.62. The van der Waals surface area contributed by atoms with E-state index in [1.54, 1.807) is 0 Å². The Hall–Kier alpha value is -1.89. The van der Waals surface area contributed by atoms with Crippen LogP contribution >= 0.6 is 0 Å². The number of pyridine rings is 1. The van der Waals surface area contributed by atoms with Crippen molar-refractivity contribution in [3.05, 3.63) is 53.7 Å². The monoisotopic (exact) mass is 205 g/mol. The first-order chi connectivity index (χ1) is 7.95. The Kier molecular flexibility index (Phi) is 1.46. The lowest BCUT2D eigenvalue weighted by atomic mass is 9.84. The summed E-state index contributed by atoms with van der Waals surface area (Å²) in [6.45, 7) is 0. The molecule has 0 amide bonds. The predicted octanol–water partition coefficient (Wildman–Crippen LogP) is 3.49. The predicted molar refractivity (Wildman–Crippen MR) is 66.7 cm³/mol. The molecule has 16 heavy (non-hydrogen) atoms. The van der Waals surface area contributed by atoms with Crippen LogP contribution < -0.4 is 0 Å². The lowest BCUT2D eigenvalue weighted by Gasteiger charge is -2.21. The molecule has 76 valence electrons. The van der Waals surface area contributed by atoms with E-state index in [9.17, 15) is 0 Å². The number of hydrogen-bond acceptors (Lipinski definition) is 1. The van der Waals surface area contributed by atoms with E-state index in [-0.39, 0.29) is 0 Å². The van der Waals surface area contributed by atoms with E-state index >= 15 is 0 Å². The second-order valence-corrected chi connectivity index (χ2v) is 4.40. The lowest BCUT2D eigenvalue weighted by Crippen LogP contribution is -2.05. The molecule has 0 atom stereocenters. The number of benzene rings is 2. The first kappa shape index (κ1) is 8.28. The van der Waals surface area contributed by atoms with E-state index in [1.165, 1.54) is 39.2 Å². The molecule has 0 aliphatic heterocycles. The summed E-state index contributed by atoms with van der Waals surface area (Å²) >= 11 is 0. The van der Waals surface area contributed by atoms with Gasteiger partial charge < -0.3 is 0 Å². The van der Waals surface area contributed by atoms with Crippen molar-refractivity contribution in [1.82, 2.24) is 4.98 Å². The minimum absolute atomic E-state index is 1.15. The van der Waals surface area contributed by atoms with Crippen molar-refractivity contribution < 1.29 is 0 Å². The molecule has 2 bridgehead atoms. The van der Waals surface area contributed by atoms with E-state index in [4.69, 9.17) is 0 Å². The van der Waals surface area contributed by atoms with E-state index < -0.39 is 0 Å². The minimum atomic E-state index is 1.15.